The van der Waals surface area contributed by atoms with Crippen LogP contribution < -0.4 is 9.62 Å². The predicted molar refractivity (Wildman–Crippen MR) is 112 cm³/mol. The van der Waals surface area contributed by atoms with E-state index in [-0.39, 0.29) is 0 Å². The Kier molecular flexibility index (Phi) is 7.27. The van der Waals surface area contributed by atoms with Crippen LogP contribution in [0.25, 0.3) is 0 Å². The lowest BCUT2D eigenvalue weighted by molar-refractivity contribution is -0.116. The summed E-state index contributed by atoms with van der Waals surface area (Å²) in [7, 11) is -3.67. The Morgan fingerprint density at radius 1 is 1.19 bits per heavy atom. The molecule has 5 nitrogen and oxygen atoms in total. The molecule has 0 saturated heterocycles. The molecule has 27 heavy (non-hydrogen) atoms. The summed E-state index contributed by atoms with van der Waals surface area (Å²) in [5.74, 6) is -0.415. The summed E-state index contributed by atoms with van der Waals surface area (Å²) in [5.41, 5.74) is 2.19. The van der Waals surface area contributed by atoms with Crippen LogP contribution in [0, 0.1) is 0 Å². The van der Waals surface area contributed by atoms with Gasteiger partial charge < -0.3 is 5.32 Å². The van der Waals surface area contributed by atoms with Crippen LogP contribution >= 0.6 is 11.6 Å². The van der Waals surface area contributed by atoms with E-state index < -0.39 is 22.0 Å². The second-order valence-electron chi connectivity index (χ2n) is 6.50. The normalized spacial score (nSPS) is 12.4. The topological polar surface area (TPSA) is 66.5 Å². The molecule has 0 aromatic heterocycles. The standard InChI is InChI=1S/C20H25ClN2O3S/c1-4-5-7-16-10-12-18(13-11-16)22-20(24)15(2)23(27(3,25)26)19-9-6-8-17(21)14-19/h6,8-15H,4-5,7H2,1-3H3,(H,22,24). The number of hydrogen-bond donors (Lipinski definition) is 1. The summed E-state index contributed by atoms with van der Waals surface area (Å²) in [6.45, 7) is 3.69. The first-order valence-corrected chi connectivity index (χ1v) is 11.1. The van der Waals surface area contributed by atoms with E-state index >= 15 is 0 Å². The van der Waals surface area contributed by atoms with Gasteiger partial charge in [-0.05, 0) is 55.7 Å². The van der Waals surface area contributed by atoms with Crippen LogP contribution in [0.3, 0.4) is 0 Å². The molecule has 1 atom stereocenters. The average Bonchev–Trinajstić information content (AvgIpc) is 2.60. The summed E-state index contributed by atoms with van der Waals surface area (Å²) in [6, 6.07) is 13.1. The van der Waals surface area contributed by atoms with Crippen LogP contribution in [-0.4, -0.2) is 26.6 Å². The maximum absolute atomic E-state index is 12.7. The van der Waals surface area contributed by atoms with E-state index in [0.29, 0.717) is 16.4 Å². The molecule has 0 aliphatic heterocycles. The molecule has 0 bridgehead atoms. The van der Waals surface area contributed by atoms with Gasteiger partial charge in [-0.25, -0.2) is 8.42 Å². The van der Waals surface area contributed by atoms with Crippen molar-refractivity contribution in [2.45, 2.75) is 39.2 Å². The van der Waals surface area contributed by atoms with E-state index in [1.54, 1.807) is 25.1 Å². The lowest BCUT2D eigenvalue weighted by Gasteiger charge is -2.28. The molecular formula is C20H25ClN2O3S. The number of hydrogen-bond acceptors (Lipinski definition) is 3. The maximum Gasteiger partial charge on any atom is 0.247 e. The zero-order valence-corrected chi connectivity index (χ0v) is 17.3. The van der Waals surface area contributed by atoms with Gasteiger partial charge in [-0.3, -0.25) is 9.10 Å². The van der Waals surface area contributed by atoms with Gasteiger partial charge in [0.05, 0.1) is 11.9 Å². The van der Waals surface area contributed by atoms with Crippen LogP contribution in [0.15, 0.2) is 48.5 Å². The van der Waals surface area contributed by atoms with Gasteiger partial charge in [0, 0.05) is 10.7 Å². The third-order valence-corrected chi connectivity index (χ3v) is 5.67. The Morgan fingerprint density at radius 3 is 2.41 bits per heavy atom. The van der Waals surface area contributed by atoms with Crippen LogP contribution in [0.4, 0.5) is 11.4 Å². The smallest absolute Gasteiger partial charge is 0.247 e. The number of carbonyl (C=O) groups excluding carboxylic acids is 1. The number of anilines is 2. The third-order valence-electron chi connectivity index (χ3n) is 4.19. The number of rotatable bonds is 8. The lowest BCUT2D eigenvalue weighted by atomic mass is 10.1. The minimum atomic E-state index is -3.67. The molecule has 0 saturated carbocycles. The van der Waals surface area contributed by atoms with E-state index in [0.717, 1.165) is 29.8 Å². The van der Waals surface area contributed by atoms with Gasteiger partial charge >= 0.3 is 0 Å². The Hall–Kier alpha value is -2.05. The number of amides is 1. The van der Waals surface area contributed by atoms with Crippen LogP contribution in [0.5, 0.6) is 0 Å². The molecule has 0 fully saturated rings. The third kappa shape index (κ3) is 5.97. The van der Waals surface area contributed by atoms with E-state index in [2.05, 4.69) is 12.2 Å². The summed E-state index contributed by atoms with van der Waals surface area (Å²) in [6.07, 6.45) is 4.31. The van der Waals surface area contributed by atoms with Gasteiger partial charge in [-0.1, -0.05) is 43.1 Å². The average molecular weight is 409 g/mol. The fourth-order valence-electron chi connectivity index (χ4n) is 2.80. The molecule has 2 rings (SSSR count). The van der Waals surface area contributed by atoms with Crippen LogP contribution in [0.1, 0.15) is 32.3 Å². The molecule has 0 aliphatic carbocycles. The number of unbranched alkanes of at least 4 members (excludes halogenated alkanes) is 1. The Labute approximate surface area is 166 Å². The molecule has 7 heteroatoms. The molecule has 0 heterocycles. The quantitative estimate of drug-likeness (QED) is 0.700. The molecule has 2 aromatic rings. The van der Waals surface area contributed by atoms with Crippen molar-refractivity contribution in [3.8, 4) is 0 Å². The monoisotopic (exact) mass is 408 g/mol. The molecule has 0 spiro atoms. The maximum atomic E-state index is 12.7. The van der Waals surface area contributed by atoms with Crippen molar-refractivity contribution < 1.29 is 13.2 Å². The molecule has 2 aromatic carbocycles. The number of nitrogens with one attached hydrogen (secondary N) is 1. The minimum absolute atomic E-state index is 0.350. The first-order valence-electron chi connectivity index (χ1n) is 8.87. The SMILES string of the molecule is CCCCc1ccc(NC(=O)C(C)N(c2cccc(Cl)c2)S(C)(=O)=O)cc1. The van der Waals surface area contributed by atoms with E-state index in [1.807, 2.05) is 24.3 Å². The van der Waals surface area contributed by atoms with E-state index in [9.17, 15) is 13.2 Å². The number of nitrogens with zero attached hydrogens (tertiary/aromatic N) is 1. The minimum Gasteiger partial charge on any atom is -0.324 e. The summed E-state index contributed by atoms with van der Waals surface area (Å²) >= 11 is 5.98. The number of sulfonamides is 1. The largest absolute Gasteiger partial charge is 0.324 e. The number of benzene rings is 2. The van der Waals surface area contributed by atoms with Crippen molar-refractivity contribution in [1.82, 2.24) is 0 Å². The second kappa shape index (κ2) is 9.24. The molecule has 0 aliphatic rings. The Balaban J connectivity index is 2.17. The summed E-state index contributed by atoms with van der Waals surface area (Å²) in [5, 5.41) is 3.18. The van der Waals surface area contributed by atoms with Crippen molar-refractivity contribution in [2.24, 2.45) is 0 Å². The van der Waals surface area contributed by atoms with Gasteiger partial charge in [0.15, 0.2) is 0 Å². The van der Waals surface area contributed by atoms with Crippen molar-refractivity contribution in [1.29, 1.82) is 0 Å². The van der Waals surface area contributed by atoms with Crippen molar-refractivity contribution in [3.05, 3.63) is 59.1 Å². The second-order valence-corrected chi connectivity index (χ2v) is 8.80. The highest BCUT2D eigenvalue weighted by atomic mass is 35.5. The zero-order valence-electron chi connectivity index (χ0n) is 15.8. The molecule has 0 radical (unpaired) electrons. The van der Waals surface area contributed by atoms with Gasteiger partial charge in [-0.15, -0.1) is 0 Å². The Bertz CT molecular complexity index is 882. The van der Waals surface area contributed by atoms with Gasteiger partial charge in [0.25, 0.3) is 0 Å². The fraction of sp³-hybridized carbons (Fsp3) is 0.350. The fourth-order valence-corrected chi connectivity index (χ4v) is 4.16. The predicted octanol–water partition coefficient (Wildman–Crippen LogP) is 4.48. The summed E-state index contributed by atoms with van der Waals surface area (Å²) in [4.78, 5) is 12.7. The van der Waals surface area contributed by atoms with Crippen molar-refractivity contribution in [3.63, 3.8) is 0 Å². The van der Waals surface area contributed by atoms with E-state index in [1.165, 1.54) is 11.6 Å². The molecular weight excluding hydrogens is 384 g/mol. The zero-order chi connectivity index (χ0) is 20.0. The van der Waals surface area contributed by atoms with Crippen molar-refractivity contribution >= 4 is 38.9 Å². The number of aryl methyl sites for hydroxylation is 1. The van der Waals surface area contributed by atoms with Gasteiger partial charge in [0.2, 0.25) is 15.9 Å². The highest BCUT2D eigenvalue weighted by Gasteiger charge is 2.29. The summed E-state index contributed by atoms with van der Waals surface area (Å²) < 4.78 is 25.7. The molecule has 1 amide bonds. The first kappa shape index (κ1) is 21.3. The van der Waals surface area contributed by atoms with Gasteiger partial charge in [-0.2, -0.15) is 0 Å². The highest BCUT2D eigenvalue weighted by Crippen LogP contribution is 2.24. The number of halogens is 1. The first-order chi connectivity index (χ1) is 12.7. The van der Waals surface area contributed by atoms with Crippen LogP contribution in [-0.2, 0) is 21.2 Å². The Morgan fingerprint density at radius 2 is 1.85 bits per heavy atom. The molecule has 1 N–H and O–H groups in total. The molecule has 146 valence electrons. The molecule has 1 unspecified atom stereocenters. The van der Waals surface area contributed by atoms with Gasteiger partial charge in [0.1, 0.15) is 6.04 Å². The lowest BCUT2D eigenvalue weighted by Crippen LogP contribution is -2.45. The van der Waals surface area contributed by atoms with Crippen molar-refractivity contribution in [2.75, 3.05) is 15.9 Å². The number of carbonyl (C=O) groups is 1. The highest BCUT2D eigenvalue weighted by molar-refractivity contribution is 7.92. The van der Waals surface area contributed by atoms with Crippen LogP contribution in [0.2, 0.25) is 5.02 Å². The van der Waals surface area contributed by atoms with E-state index in [4.69, 9.17) is 11.6 Å².